The van der Waals surface area contributed by atoms with Crippen LogP contribution in [0.25, 0.3) is 0 Å². The third kappa shape index (κ3) is 5.12. The second kappa shape index (κ2) is 9.97. The number of ether oxygens (including phenoxy) is 3. The third-order valence-electron chi connectivity index (χ3n) is 5.48. The highest BCUT2D eigenvalue weighted by Gasteiger charge is 2.56. The second-order valence-corrected chi connectivity index (χ2v) is 7.90. The monoisotopic (exact) mass is 462 g/mol. The number of rotatable bonds is 10. The Morgan fingerprint density at radius 1 is 1.03 bits per heavy atom. The van der Waals surface area contributed by atoms with Gasteiger partial charge in [0.15, 0.2) is 11.5 Å². The summed E-state index contributed by atoms with van der Waals surface area (Å²) in [5.74, 6) is -0.646. The number of hydrazine groups is 1. The number of nitrogens with one attached hydrogen (secondary N) is 3. The minimum atomic E-state index is -0.978. The van der Waals surface area contributed by atoms with Crippen LogP contribution >= 0.6 is 0 Å². The zero-order valence-electron chi connectivity index (χ0n) is 19.3. The van der Waals surface area contributed by atoms with Gasteiger partial charge in [-0.25, -0.2) is 4.79 Å². The van der Waals surface area contributed by atoms with Gasteiger partial charge in [0.1, 0.15) is 12.1 Å². The summed E-state index contributed by atoms with van der Waals surface area (Å²) >= 11 is 0. The number of carbonyl (C=O) groups is 4. The summed E-state index contributed by atoms with van der Waals surface area (Å²) in [5, 5.41) is 2.67. The molecule has 0 unspecified atom stereocenters. The van der Waals surface area contributed by atoms with E-state index in [-0.39, 0.29) is 11.5 Å². The predicted octanol–water partition coefficient (Wildman–Crippen LogP) is 1.36. The maximum absolute atomic E-state index is 12.7. The quantitative estimate of drug-likeness (QED) is 0.353. The van der Waals surface area contributed by atoms with Gasteiger partial charge in [0.2, 0.25) is 5.75 Å². The van der Waals surface area contributed by atoms with E-state index in [0.29, 0.717) is 37.1 Å². The van der Waals surface area contributed by atoms with Gasteiger partial charge in [-0.1, -0.05) is 0 Å². The summed E-state index contributed by atoms with van der Waals surface area (Å²) in [6.45, 7) is 7.65. The van der Waals surface area contributed by atoms with Crippen molar-refractivity contribution in [1.29, 1.82) is 0 Å². The van der Waals surface area contributed by atoms with Gasteiger partial charge in [0.25, 0.3) is 17.7 Å². The Morgan fingerprint density at radius 3 is 2.12 bits per heavy atom. The zero-order valence-corrected chi connectivity index (χ0v) is 19.3. The van der Waals surface area contributed by atoms with Crippen molar-refractivity contribution in [2.24, 2.45) is 5.92 Å². The molecule has 2 aliphatic rings. The van der Waals surface area contributed by atoms with E-state index in [9.17, 15) is 19.2 Å². The normalized spacial score (nSPS) is 19.7. The average molecular weight is 463 g/mol. The first-order chi connectivity index (χ1) is 15.7. The van der Waals surface area contributed by atoms with E-state index in [1.165, 1.54) is 12.1 Å². The van der Waals surface area contributed by atoms with Crippen LogP contribution in [0.5, 0.6) is 17.2 Å². The standard InChI is InChI=1S/C22H30N4O7/c1-5-31-15-10-13(11-16(32-6-2)18(15)33-7-3)19(28)25-24-17(27)12-26-20(29)22(4,14-8-9-14)23-21(26)30/h10-11,14H,5-9,12H2,1-4H3,(H,23,30)(H,24,27)(H,25,28)/t22-/m1/s1. The van der Waals surface area contributed by atoms with Crippen LogP contribution in [-0.2, 0) is 9.59 Å². The molecule has 11 nitrogen and oxygen atoms in total. The number of hydrogen-bond acceptors (Lipinski definition) is 7. The van der Waals surface area contributed by atoms with Crippen molar-refractivity contribution < 1.29 is 33.4 Å². The van der Waals surface area contributed by atoms with Crippen molar-refractivity contribution in [3.05, 3.63) is 17.7 Å². The Kier molecular flexibility index (Phi) is 7.29. The Balaban J connectivity index is 1.65. The fourth-order valence-corrected chi connectivity index (χ4v) is 3.70. The lowest BCUT2D eigenvalue weighted by atomic mass is 9.96. The van der Waals surface area contributed by atoms with Crippen LogP contribution in [0.3, 0.4) is 0 Å². The molecule has 1 atom stereocenters. The largest absolute Gasteiger partial charge is 0.490 e. The minimum Gasteiger partial charge on any atom is -0.490 e. The molecule has 0 aromatic heterocycles. The molecule has 33 heavy (non-hydrogen) atoms. The molecule has 0 spiro atoms. The first-order valence-electron chi connectivity index (χ1n) is 11.0. The van der Waals surface area contributed by atoms with Crippen LogP contribution in [0.2, 0.25) is 0 Å². The number of urea groups is 1. The molecule has 1 aliphatic heterocycles. The third-order valence-corrected chi connectivity index (χ3v) is 5.48. The van der Waals surface area contributed by atoms with Crippen molar-refractivity contribution in [3.63, 3.8) is 0 Å². The van der Waals surface area contributed by atoms with Crippen LogP contribution in [0, 0.1) is 5.92 Å². The number of nitrogens with zero attached hydrogens (tertiary/aromatic N) is 1. The molecule has 180 valence electrons. The van der Waals surface area contributed by atoms with Gasteiger partial charge in [-0.2, -0.15) is 0 Å². The molecule has 1 heterocycles. The molecule has 11 heteroatoms. The molecule has 0 bridgehead atoms. The van der Waals surface area contributed by atoms with Crippen LogP contribution in [0.1, 0.15) is 50.9 Å². The molecule has 1 aromatic rings. The Labute approximate surface area is 192 Å². The molecular weight excluding hydrogens is 432 g/mol. The predicted molar refractivity (Wildman–Crippen MR) is 117 cm³/mol. The average Bonchev–Trinajstić information content (AvgIpc) is 3.60. The van der Waals surface area contributed by atoms with Crippen molar-refractivity contribution in [1.82, 2.24) is 21.1 Å². The van der Waals surface area contributed by atoms with Crippen molar-refractivity contribution in [2.75, 3.05) is 26.4 Å². The highest BCUT2D eigenvalue weighted by atomic mass is 16.5. The summed E-state index contributed by atoms with van der Waals surface area (Å²) in [5.41, 5.74) is 3.72. The summed E-state index contributed by atoms with van der Waals surface area (Å²) in [4.78, 5) is 50.7. The summed E-state index contributed by atoms with van der Waals surface area (Å²) < 4.78 is 16.8. The molecule has 1 aliphatic carbocycles. The first-order valence-corrected chi connectivity index (χ1v) is 11.0. The number of imide groups is 1. The minimum absolute atomic E-state index is 0.0837. The van der Waals surface area contributed by atoms with E-state index in [4.69, 9.17) is 14.2 Å². The summed E-state index contributed by atoms with van der Waals surface area (Å²) in [6, 6.07) is 2.35. The molecule has 1 saturated heterocycles. The Hall–Kier alpha value is -3.50. The van der Waals surface area contributed by atoms with Crippen molar-refractivity contribution in [3.8, 4) is 17.2 Å². The van der Waals surface area contributed by atoms with Gasteiger partial charge in [-0.3, -0.25) is 30.1 Å². The van der Waals surface area contributed by atoms with Crippen molar-refractivity contribution in [2.45, 2.75) is 46.1 Å². The van der Waals surface area contributed by atoms with Gasteiger partial charge in [0.05, 0.1) is 19.8 Å². The maximum Gasteiger partial charge on any atom is 0.325 e. The van der Waals surface area contributed by atoms with Crippen LogP contribution in [0.15, 0.2) is 12.1 Å². The lowest BCUT2D eigenvalue weighted by Gasteiger charge is -2.20. The topological polar surface area (TPSA) is 135 Å². The first kappa shape index (κ1) is 24.1. The zero-order chi connectivity index (χ0) is 24.2. The highest BCUT2D eigenvalue weighted by Crippen LogP contribution is 2.42. The van der Waals surface area contributed by atoms with Crippen molar-refractivity contribution >= 4 is 23.8 Å². The maximum atomic E-state index is 12.7. The number of amides is 5. The number of hydrogen-bond donors (Lipinski definition) is 3. The van der Waals surface area contributed by atoms with Crippen LogP contribution in [0.4, 0.5) is 4.79 Å². The molecule has 5 amide bonds. The van der Waals surface area contributed by atoms with E-state index >= 15 is 0 Å². The highest BCUT2D eigenvalue weighted by molar-refractivity contribution is 6.09. The SMILES string of the molecule is CCOc1cc(C(=O)NNC(=O)CN2C(=O)N[C@](C)(C3CC3)C2=O)cc(OCC)c1OCC. The van der Waals surface area contributed by atoms with Gasteiger partial charge < -0.3 is 19.5 Å². The van der Waals surface area contributed by atoms with E-state index in [1.807, 2.05) is 6.92 Å². The second-order valence-electron chi connectivity index (χ2n) is 7.90. The fraction of sp³-hybridized carbons (Fsp3) is 0.545. The molecular formula is C22H30N4O7. The Bertz CT molecular complexity index is 920. The van der Waals surface area contributed by atoms with Gasteiger partial charge in [-0.15, -0.1) is 0 Å². The van der Waals surface area contributed by atoms with E-state index in [1.54, 1.807) is 20.8 Å². The molecule has 3 rings (SSSR count). The van der Waals surface area contributed by atoms with E-state index in [2.05, 4.69) is 16.2 Å². The Morgan fingerprint density at radius 2 is 1.61 bits per heavy atom. The number of carbonyl (C=O) groups excluding carboxylic acids is 4. The van der Waals surface area contributed by atoms with E-state index in [0.717, 1.165) is 17.7 Å². The lowest BCUT2D eigenvalue weighted by molar-refractivity contribution is -0.135. The van der Waals surface area contributed by atoms with E-state index < -0.39 is 35.8 Å². The van der Waals surface area contributed by atoms with Gasteiger partial charge in [0, 0.05) is 5.56 Å². The molecule has 3 N–H and O–H groups in total. The number of benzene rings is 1. The smallest absolute Gasteiger partial charge is 0.325 e. The summed E-state index contributed by atoms with van der Waals surface area (Å²) in [7, 11) is 0. The molecule has 1 saturated carbocycles. The fourth-order valence-electron chi connectivity index (χ4n) is 3.70. The lowest BCUT2D eigenvalue weighted by Crippen LogP contribution is -2.49. The molecule has 2 fully saturated rings. The molecule has 1 aromatic carbocycles. The van der Waals surface area contributed by atoms with Crippen LogP contribution < -0.4 is 30.4 Å². The molecule has 0 radical (unpaired) electrons. The van der Waals surface area contributed by atoms with Gasteiger partial charge in [-0.05, 0) is 58.6 Å². The summed E-state index contributed by atoms with van der Waals surface area (Å²) in [6.07, 6.45) is 1.71. The van der Waals surface area contributed by atoms with Crippen LogP contribution in [-0.4, -0.2) is 60.6 Å². The van der Waals surface area contributed by atoms with Gasteiger partial charge >= 0.3 is 6.03 Å².